The average molecular weight is 447 g/mol. The van der Waals surface area contributed by atoms with Gasteiger partial charge in [0.15, 0.2) is 6.61 Å². The highest BCUT2D eigenvalue weighted by Crippen LogP contribution is 2.22. The van der Waals surface area contributed by atoms with Crippen molar-refractivity contribution in [3.63, 3.8) is 0 Å². The molecule has 0 bridgehead atoms. The van der Waals surface area contributed by atoms with Crippen molar-refractivity contribution in [1.82, 2.24) is 9.62 Å². The molecule has 10 heteroatoms. The minimum atomic E-state index is -3.78. The van der Waals surface area contributed by atoms with Crippen molar-refractivity contribution in [2.45, 2.75) is 37.6 Å². The third-order valence-corrected chi connectivity index (χ3v) is 5.91. The molecule has 1 fully saturated rings. The Morgan fingerprint density at radius 3 is 2.62 bits per heavy atom. The molecule has 1 saturated heterocycles. The summed E-state index contributed by atoms with van der Waals surface area (Å²) in [6.45, 7) is 3.08. The van der Waals surface area contributed by atoms with Gasteiger partial charge in [0.1, 0.15) is 0 Å². The predicted octanol–water partition coefficient (Wildman–Crippen LogP) is 1.44. The van der Waals surface area contributed by atoms with Crippen LogP contribution >= 0.6 is 15.9 Å². The van der Waals surface area contributed by atoms with E-state index < -0.39 is 28.5 Å². The van der Waals surface area contributed by atoms with Crippen LogP contribution in [0.2, 0.25) is 0 Å². The summed E-state index contributed by atoms with van der Waals surface area (Å²) in [6.07, 6.45) is 0.890. The van der Waals surface area contributed by atoms with E-state index in [4.69, 9.17) is 4.74 Å². The minimum Gasteiger partial charge on any atom is -0.452 e. The molecule has 142 valence electrons. The first kappa shape index (κ1) is 20.5. The van der Waals surface area contributed by atoms with Gasteiger partial charge in [-0.1, -0.05) is 0 Å². The van der Waals surface area contributed by atoms with Crippen molar-refractivity contribution in [2.75, 3.05) is 13.2 Å². The smallest absolute Gasteiger partial charge is 0.339 e. The number of carbonyl (C=O) groups is 3. The first-order chi connectivity index (χ1) is 12.1. The Bertz CT molecular complexity index is 837. The van der Waals surface area contributed by atoms with E-state index >= 15 is 0 Å². The highest BCUT2D eigenvalue weighted by atomic mass is 79.9. The summed E-state index contributed by atoms with van der Waals surface area (Å²) in [6, 6.07) is 3.62. The molecular formula is C16H19BrN2O6S. The summed E-state index contributed by atoms with van der Waals surface area (Å²) < 4.78 is 32.2. The number of hydrogen-bond donors (Lipinski definition) is 1. The van der Waals surface area contributed by atoms with Gasteiger partial charge in [-0.15, -0.1) is 0 Å². The molecule has 1 aromatic carbocycles. The predicted molar refractivity (Wildman–Crippen MR) is 95.8 cm³/mol. The van der Waals surface area contributed by atoms with Crippen molar-refractivity contribution >= 4 is 43.7 Å². The van der Waals surface area contributed by atoms with Gasteiger partial charge in [-0.3, -0.25) is 14.5 Å². The van der Waals surface area contributed by atoms with Crippen molar-refractivity contribution < 1.29 is 27.5 Å². The second-order valence-corrected chi connectivity index (χ2v) is 8.60. The zero-order valence-corrected chi connectivity index (χ0v) is 16.7. The molecule has 1 N–H and O–H groups in total. The second kappa shape index (κ2) is 8.28. The summed E-state index contributed by atoms with van der Waals surface area (Å²) in [5, 5.41) is 0. The number of likely N-dealkylation sites (tertiary alicyclic amines) is 1. The van der Waals surface area contributed by atoms with Gasteiger partial charge in [-0.05, 0) is 54.4 Å². The lowest BCUT2D eigenvalue weighted by Crippen LogP contribution is -2.35. The SMILES string of the molecule is CC(C)NS(=O)(=O)c1ccc(Br)c(C(=O)OCC(=O)N2CCCC2=O)c1. The van der Waals surface area contributed by atoms with Crippen LogP contribution < -0.4 is 4.72 Å². The maximum Gasteiger partial charge on any atom is 0.339 e. The molecule has 0 aliphatic carbocycles. The molecule has 0 unspecified atom stereocenters. The van der Waals surface area contributed by atoms with Crippen LogP contribution in [-0.2, 0) is 24.3 Å². The van der Waals surface area contributed by atoms with Gasteiger partial charge in [0, 0.05) is 23.5 Å². The van der Waals surface area contributed by atoms with Crippen LogP contribution in [0.4, 0.5) is 0 Å². The van der Waals surface area contributed by atoms with Gasteiger partial charge in [-0.2, -0.15) is 0 Å². The average Bonchev–Trinajstić information content (AvgIpc) is 2.97. The minimum absolute atomic E-state index is 0.0304. The summed E-state index contributed by atoms with van der Waals surface area (Å²) in [4.78, 5) is 36.6. The van der Waals surface area contributed by atoms with E-state index in [0.717, 1.165) is 4.90 Å². The Kier molecular flexibility index (Phi) is 6.53. The highest BCUT2D eigenvalue weighted by molar-refractivity contribution is 9.10. The Morgan fingerprint density at radius 1 is 1.35 bits per heavy atom. The second-order valence-electron chi connectivity index (χ2n) is 6.04. The molecule has 1 aromatic rings. The van der Waals surface area contributed by atoms with E-state index in [0.29, 0.717) is 23.9 Å². The maximum atomic E-state index is 12.2. The van der Waals surface area contributed by atoms with Crippen LogP contribution in [0.5, 0.6) is 0 Å². The lowest BCUT2D eigenvalue weighted by molar-refractivity contribution is -0.143. The molecule has 0 atom stereocenters. The molecular weight excluding hydrogens is 428 g/mol. The first-order valence-corrected chi connectivity index (χ1v) is 10.2. The van der Waals surface area contributed by atoms with Gasteiger partial charge in [0.25, 0.3) is 5.91 Å². The summed E-state index contributed by atoms with van der Waals surface area (Å²) in [7, 11) is -3.78. The quantitative estimate of drug-likeness (QED) is 0.661. The lowest BCUT2D eigenvalue weighted by atomic mass is 10.2. The van der Waals surface area contributed by atoms with Crippen LogP contribution in [0.15, 0.2) is 27.6 Å². The van der Waals surface area contributed by atoms with Crippen LogP contribution in [-0.4, -0.2) is 50.3 Å². The monoisotopic (exact) mass is 446 g/mol. The Morgan fingerprint density at radius 2 is 2.04 bits per heavy atom. The summed E-state index contributed by atoms with van der Waals surface area (Å²) in [5.41, 5.74) is -0.0304. The maximum absolute atomic E-state index is 12.2. The van der Waals surface area contributed by atoms with Gasteiger partial charge in [-0.25, -0.2) is 17.9 Å². The van der Waals surface area contributed by atoms with Crippen molar-refractivity contribution in [3.8, 4) is 0 Å². The molecule has 2 rings (SSSR count). The zero-order valence-electron chi connectivity index (χ0n) is 14.3. The standard InChI is InChI=1S/C16H19BrN2O6S/c1-10(2)18-26(23,24)11-5-6-13(17)12(8-11)16(22)25-9-15(21)19-7-3-4-14(19)20/h5-6,8,10,18H,3-4,7,9H2,1-2H3. The molecule has 0 spiro atoms. The number of nitrogens with one attached hydrogen (secondary N) is 1. The number of rotatable bonds is 6. The number of benzene rings is 1. The van der Waals surface area contributed by atoms with E-state index in [1.807, 2.05) is 0 Å². The van der Waals surface area contributed by atoms with E-state index in [2.05, 4.69) is 20.7 Å². The number of halogens is 1. The van der Waals surface area contributed by atoms with Crippen LogP contribution in [0.1, 0.15) is 37.0 Å². The molecule has 1 heterocycles. The van der Waals surface area contributed by atoms with E-state index in [1.54, 1.807) is 13.8 Å². The fourth-order valence-electron chi connectivity index (χ4n) is 2.40. The van der Waals surface area contributed by atoms with Gasteiger partial charge in [0.05, 0.1) is 10.5 Å². The molecule has 2 amide bonds. The summed E-state index contributed by atoms with van der Waals surface area (Å²) in [5.74, 6) is -1.75. The highest BCUT2D eigenvalue weighted by Gasteiger charge is 2.27. The fraction of sp³-hybridized carbons (Fsp3) is 0.438. The number of nitrogens with zero attached hydrogens (tertiary/aromatic N) is 1. The summed E-state index contributed by atoms with van der Waals surface area (Å²) >= 11 is 3.17. The third kappa shape index (κ3) is 4.89. The Balaban J connectivity index is 2.12. The number of sulfonamides is 1. The van der Waals surface area contributed by atoms with Crippen molar-refractivity contribution in [3.05, 3.63) is 28.2 Å². The topological polar surface area (TPSA) is 110 Å². The fourth-order valence-corrected chi connectivity index (χ4v) is 4.09. The van der Waals surface area contributed by atoms with Gasteiger partial charge < -0.3 is 4.74 Å². The molecule has 1 aliphatic heterocycles. The molecule has 0 aromatic heterocycles. The van der Waals surface area contributed by atoms with Crippen molar-refractivity contribution in [2.24, 2.45) is 0 Å². The molecule has 0 saturated carbocycles. The number of ether oxygens (including phenoxy) is 1. The first-order valence-electron chi connectivity index (χ1n) is 7.94. The van der Waals surface area contributed by atoms with E-state index in [-0.39, 0.29) is 22.4 Å². The van der Waals surface area contributed by atoms with Crippen LogP contribution in [0.25, 0.3) is 0 Å². The Hall–Kier alpha value is -1.78. The molecule has 8 nitrogen and oxygen atoms in total. The number of amides is 2. The Labute approximate surface area is 160 Å². The molecule has 1 aliphatic rings. The van der Waals surface area contributed by atoms with Crippen LogP contribution in [0, 0.1) is 0 Å². The number of carbonyl (C=O) groups excluding carboxylic acids is 3. The number of esters is 1. The van der Waals surface area contributed by atoms with Gasteiger partial charge >= 0.3 is 5.97 Å². The molecule has 26 heavy (non-hydrogen) atoms. The normalized spacial score (nSPS) is 14.8. The van der Waals surface area contributed by atoms with E-state index in [1.165, 1.54) is 18.2 Å². The number of hydrogen-bond acceptors (Lipinski definition) is 6. The van der Waals surface area contributed by atoms with Gasteiger partial charge in [0.2, 0.25) is 15.9 Å². The zero-order chi connectivity index (χ0) is 19.5. The number of imide groups is 1. The lowest BCUT2D eigenvalue weighted by Gasteiger charge is -2.14. The third-order valence-electron chi connectivity index (χ3n) is 3.56. The van der Waals surface area contributed by atoms with Crippen LogP contribution in [0.3, 0.4) is 0 Å². The van der Waals surface area contributed by atoms with Crippen molar-refractivity contribution in [1.29, 1.82) is 0 Å². The van der Waals surface area contributed by atoms with E-state index in [9.17, 15) is 22.8 Å². The molecule has 0 radical (unpaired) electrons. The largest absolute Gasteiger partial charge is 0.452 e.